The summed E-state index contributed by atoms with van der Waals surface area (Å²) in [5.41, 5.74) is 1.77. The predicted molar refractivity (Wildman–Crippen MR) is 79.8 cm³/mol. The van der Waals surface area contributed by atoms with Crippen molar-refractivity contribution in [3.8, 4) is 0 Å². The van der Waals surface area contributed by atoms with E-state index in [1.54, 1.807) is 23.0 Å². The number of hydrogen-bond acceptors (Lipinski definition) is 4. The largest absolute Gasteiger partial charge is 0.345 e. The fourth-order valence-electron chi connectivity index (χ4n) is 1.90. The highest BCUT2D eigenvalue weighted by atomic mass is 79.9. The average molecular weight is 349 g/mol. The molecule has 1 amide bonds. The number of carbonyl (C=O) groups excluding carboxylic acids is 1. The van der Waals surface area contributed by atoms with Crippen LogP contribution >= 0.6 is 15.9 Å². The molecule has 0 aliphatic carbocycles. The lowest BCUT2D eigenvalue weighted by Crippen LogP contribution is -2.23. The number of nitrogens with zero attached hydrogens (tertiary/aromatic N) is 5. The molecule has 0 unspecified atom stereocenters. The summed E-state index contributed by atoms with van der Waals surface area (Å²) in [7, 11) is 0. The summed E-state index contributed by atoms with van der Waals surface area (Å²) in [5, 5.41) is 11.3. The van der Waals surface area contributed by atoms with Crippen molar-refractivity contribution in [2.75, 3.05) is 0 Å². The van der Waals surface area contributed by atoms with E-state index in [1.807, 2.05) is 23.9 Å². The highest BCUT2D eigenvalue weighted by Gasteiger charge is 2.12. The van der Waals surface area contributed by atoms with Gasteiger partial charge in [0.25, 0.3) is 5.91 Å². The summed E-state index contributed by atoms with van der Waals surface area (Å²) in [6, 6.07) is 3.53. The van der Waals surface area contributed by atoms with Gasteiger partial charge in [0.1, 0.15) is 0 Å². The van der Waals surface area contributed by atoms with E-state index >= 15 is 0 Å². The highest BCUT2D eigenvalue weighted by molar-refractivity contribution is 9.10. The molecule has 0 radical (unpaired) electrons. The molecule has 0 fully saturated rings. The van der Waals surface area contributed by atoms with Gasteiger partial charge in [-0.15, -0.1) is 0 Å². The molecule has 108 valence electrons. The number of halogens is 1. The topological polar surface area (TPSA) is 77.1 Å². The first-order valence-electron chi connectivity index (χ1n) is 6.47. The highest BCUT2D eigenvalue weighted by Crippen LogP contribution is 2.10. The molecule has 0 spiro atoms. The molecular formula is C13H13BrN6O. The molecule has 1 N–H and O–H groups in total. The van der Waals surface area contributed by atoms with E-state index in [0.29, 0.717) is 17.9 Å². The molecule has 8 heteroatoms. The van der Waals surface area contributed by atoms with Crippen LogP contribution in [0.3, 0.4) is 0 Å². The number of carbonyl (C=O) groups is 1. The Labute approximate surface area is 129 Å². The fraction of sp³-hybridized carbons (Fsp3) is 0.231. The summed E-state index contributed by atoms with van der Waals surface area (Å²) < 4.78 is 4.17. The van der Waals surface area contributed by atoms with Gasteiger partial charge in [0.2, 0.25) is 0 Å². The molecule has 7 nitrogen and oxygen atoms in total. The van der Waals surface area contributed by atoms with Crippen LogP contribution in [0.15, 0.2) is 35.2 Å². The number of nitrogens with one attached hydrogen (secondary N) is 1. The molecule has 3 aromatic heterocycles. The maximum Gasteiger partial charge on any atom is 0.272 e. The van der Waals surface area contributed by atoms with Gasteiger partial charge in [-0.05, 0) is 28.9 Å². The molecule has 3 heterocycles. The van der Waals surface area contributed by atoms with Crippen molar-refractivity contribution < 1.29 is 4.79 Å². The monoisotopic (exact) mass is 348 g/mol. The first-order valence-corrected chi connectivity index (χ1v) is 7.26. The van der Waals surface area contributed by atoms with E-state index in [1.165, 1.54) is 0 Å². The fourth-order valence-corrected chi connectivity index (χ4v) is 2.20. The summed E-state index contributed by atoms with van der Waals surface area (Å²) in [5.74, 6) is -0.248. The number of fused-ring (bicyclic) bond motifs is 1. The van der Waals surface area contributed by atoms with Gasteiger partial charge in [-0.2, -0.15) is 10.2 Å². The van der Waals surface area contributed by atoms with Crippen molar-refractivity contribution in [3.05, 3.63) is 46.6 Å². The number of hydrogen-bond donors (Lipinski definition) is 1. The Balaban J connectivity index is 1.71. The van der Waals surface area contributed by atoms with Crippen molar-refractivity contribution in [2.24, 2.45) is 0 Å². The second-order valence-electron chi connectivity index (χ2n) is 4.45. The van der Waals surface area contributed by atoms with Crippen molar-refractivity contribution >= 4 is 27.5 Å². The van der Waals surface area contributed by atoms with E-state index in [0.717, 1.165) is 16.7 Å². The maximum absolute atomic E-state index is 12.1. The standard InChI is InChI=1S/C13H13BrN6O/c1-2-19-4-3-10(17-19)7-16-13(21)11-5-12-15-6-9(14)8-20(12)18-11/h3-6,8H,2,7H2,1H3,(H,16,21). The minimum atomic E-state index is -0.248. The molecule has 21 heavy (non-hydrogen) atoms. The Morgan fingerprint density at radius 3 is 3.05 bits per heavy atom. The third kappa shape index (κ3) is 2.94. The van der Waals surface area contributed by atoms with Crippen molar-refractivity contribution in [2.45, 2.75) is 20.0 Å². The van der Waals surface area contributed by atoms with Crippen LogP contribution in [0.25, 0.3) is 5.65 Å². The van der Waals surface area contributed by atoms with Crippen LogP contribution < -0.4 is 5.32 Å². The van der Waals surface area contributed by atoms with Crippen LogP contribution in [0.1, 0.15) is 23.1 Å². The van der Waals surface area contributed by atoms with Gasteiger partial charge in [0.15, 0.2) is 11.3 Å². The zero-order valence-electron chi connectivity index (χ0n) is 11.3. The Bertz CT molecular complexity index is 793. The molecule has 0 aliphatic heterocycles. The third-order valence-electron chi connectivity index (χ3n) is 2.96. The Hall–Kier alpha value is -2.22. The van der Waals surface area contributed by atoms with Crippen LogP contribution in [0.4, 0.5) is 0 Å². The van der Waals surface area contributed by atoms with Crippen molar-refractivity contribution in [1.29, 1.82) is 0 Å². The van der Waals surface area contributed by atoms with Gasteiger partial charge < -0.3 is 5.32 Å². The summed E-state index contributed by atoms with van der Waals surface area (Å²) >= 11 is 3.31. The smallest absolute Gasteiger partial charge is 0.272 e. The molecule has 0 saturated heterocycles. The molecule has 0 atom stereocenters. The van der Waals surface area contributed by atoms with Crippen LogP contribution in [0.2, 0.25) is 0 Å². The molecule has 0 saturated carbocycles. The van der Waals surface area contributed by atoms with Crippen LogP contribution in [-0.2, 0) is 13.1 Å². The lowest BCUT2D eigenvalue weighted by atomic mass is 10.3. The quantitative estimate of drug-likeness (QED) is 0.777. The van der Waals surface area contributed by atoms with E-state index in [4.69, 9.17) is 0 Å². The zero-order valence-corrected chi connectivity index (χ0v) is 12.9. The predicted octanol–water partition coefficient (Wildman–Crippen LogP) is 1.64. The normalized spacial score (nSPS) is 11.0. The minimum Gasteiger partial charge on any atom is -0.345 e. The molecular weight excluding hydrogens is 336 g/mol. The van der Waals surface area contributed by atoms with Gasteiger partial charge in [0.05, 0.1) is 16.7 Å². The summed E-state index contributed by atoms with van der Waals surface area (Å²) in [6.07, 6.45) is 5.30. The zero-order chi connectivity index (χ0) is 14.8. The van der Waals surface area contributed by atoms with Gasteiger partial charge in [-0.25, -0.2) is 9.50 Å². The minimum absolute atomic E-state index is 0.248. The summed E-state index contributed by atoms with van der Waals surface area (Å²) in [4.78, 5) is 16.3. The van der Waals surface area contributed by atoms with E-state index < -0.39 is 0 Å². The number of amides is 1. The van der Waals surface area contributed by atoms with Gasteiger partial charge in [-0.3, -0.25) is 9.48 Å². The Kier molecular flexibility index (Phi) is 3.70. The number of rotatable bonds is 4. The van der Waals surface area contributed by atoms with Gasteiger partial charge in [0, 0.05) is 31.2 Å². The second-order valence-corrected chi connectivity index (χ2v) is 5.37. The SMILES string of the molecule is CCn1ccc(CNC(=O)c2cc3ncc(Br)cn3n2)n1. The molecule has 0 aliphatic rings. The number of aromatic nitrogens is 5. The van der Waals surface area contributed by atoms with Crippen molar-refractivity contribution in [1.82, 2.24) is 29.7 Å². The third-order valence-corrected chi connectivity index (χ3v) is 3.37. The number of aryl methyl sites for hydroxylation is 1. The van der Waals surface area contributed by atoms with Gasteiger partial charge >= 0.3 is 0 Å². The first kappa shape index (κ1) is 13.7. The first-order chi connectivity index (χ1) is 10.2. The maximum atomic E-state index is 12.1. The van der Waals surface area contributed by atoms with Crippen LogP contribution in [0, 0.1) is 0 Å². The lowest BCUT2D eigenvalue weighted by molar-refractivity contribution is 0.0945. The lowest BCUT2D eigenvalue weighted by Gasteiger charge is -1.99. The molecule has 0 bridgehead atoms. The van der Waals surface area contributed by atoms with Crippen LogP contribution in [0.5, 0.6) is 0 Å². The second kappa shape index (κ2) is 5.65. The van der Waals surface area contributed by atoms with E-state index in [2.05, 4.69) is 36.4 Å². The van der Waals surface area contributed by atoms with Crippen LogP contribution in [-0.4, -0.2) is 30.3 Å². The van der Waals surface area contributed by atoms with Gasteiger partial charge in [-0.1, -0.05) is 0 Å². The molecule has 3 rings (SSSR count). The van der Waals surface area contributed by atoms with E-state index in [-0.39, 0.29) is 5.91 Å². The van der Waals surface area contributed by atoms with Crippen molar-refractivity contribution in [3.63, 3.8) is 0 Å². The summed E-state index contributed by atoms with van der Waals surface area (Å²) in [6.45, 7) is 3.19. The van der Waals surface area contributed by atoms with E-state index in [9.17, 15) is 4.79 Å². The average Bonchev–Trinajstić information content (AvgIpc) is 3.10. The molecule has 0 aromatic carbocycles. The Morgan fingerprint density at radius 1 is 1.43 bits per heavy atom. The Morgan fingerprint density at radius 2 is 2.29 bits per heavy atom. The molecule has 3 aromatic rings.